The van der Waals surface area contributed by atoms with Crippen molar-refractivity contribution in [1.29, 1.82) is 0 Å². The molecule has 0 aliphatic carbocycles. The molecule has 1 aromatic heterocycles. The first-order valence-electron chi connectivity index (χ1n) is 4.78. The lowest BCUT2D eigenvalue weighted by Crippen LogP contribution is -2.04. The van der Waals surface area contributed by atoms with Crippen LogP contribution in [0.15, 0.2) is 29.0 Å². The second-order valence-electron chi connectivity index (χ2n) is 3.42. The van der Waals surface area contributed by atoms with Crippen LogP contribution in [-0.2, 0) is 13.6 Å². The summed E-state index contributed by atoms with van der Waals surface area (Å²) in [5.41, 5.74) is 7.41. The molecule has 0 unspecified atom stereocenters. The maximum absolute atomic E-state index is 5.83. The third kappa shape index (κ3) is 2.52. The zero-order chi connectivity index (χ0) is 11.5. The second-order valence-corrected chi connectivity index (χ2v) is 4.34. The molecule has 84 valence electrons. The van der Waals surface area contributed by atoms with Crippen molar-refractivity contribution in [1.82, 2.24) is 14.8 Å². The van der Waals surface area contributed by atoms with Gasteiger partial charge in [0.15, 0.2) is 5.82 Å². The van der Waals surface area contributed by atoms with Crippen molar-refractivity contribution in [2.24, 2.45) is 7.05 Å². The fourth-order valence-corrected chi connectivity index (χ4v) is 1.68. The van der Waals surface area contributed by atoms with Crippen LogP contribution in [0.5, 0.6) is 0 Å². The number of nitrogens with zero attached hydrogens (tertiary/aromatic N) is 3. The van der Waals surface area contributed by atoms with Gasteiger partial charge in [-0.15, -0.1) is 0 Å². The summed E-state index contributed by atoms with van der Waals surface area (Å²) in [5.74, 6) is 0.738. The Morgan fingerprint density at radius 1 is 1.50 bits per heavy atom. The van der Waals surface area contributed by atoms with E-state index in [0.717, 1.165) is 16.0 Å². The summed E-state index contributed by atoms with van der Waals surface area (Å²) in [4.78, 5) is 4.12. The molecule has 0 fully saturated rings. The highest BCUT2D eigenvalue weighted by molar-refractivity contribution is 9.10. The fraction of sp³-hybridized carbons (Fsp3) is 0.200. The zero-order valence-electron chi connectivity index (χ0n) is 8.81. The average molecular weight is 282 g/mol. The van der Waals surface area contributed by atoms with Crippen molar-refractivity contribution >= 4 is 27.3 Å². The van der Waals surface area contributed by atoms with Crippen LogP contribution in [0.25, 0.3) is 0 Å². The number of halogens is 1. The molecule has 2 aromatic rings. The Bertz CT molecular complexity index is 494. The molecule has 0 saturated heterocycles. The quantitative estimate of drug-likeness (QED) is 0.842. The van der Waals surface area contributed by atoms with Gasteiger partial charge in [0.2, 0.25) is 0 Å². The molecule has 0 aliphatic heterocycles. The number of hydrogen-bond acceptors (Lipinski definition) is 4. The molecule has 0 aliphatic rings. The van der Waals surface area contributed by atoms with E-state index in [1.807, 2.05) is 25.2 Å². The van der Waals surface area contributed by atoms with Crippen LogP contribution in [0.2, 0.25) is 0 Å². The third-order valence-corrected chi connectivity index (χ3v) is 2.59. The van der Waals surface area contributed by atoms with Crippen LogP contribution in [-0.4, -0.2) is 14.8 Å². The molecule has 0 amide bonds. The topological polar surface area (TPSA) is 68.8 Å². The fourth-order valence-electron chi connectivity index (χ4n) is 1.32. The van der Waals surface area contributed by atoms with Gasteiger partial charge in [0.05, 0.1) is 17.9 Å². The number of nitrogens with two attached hydrogens (primary N) is 1. The summed E-state index contributed by atoms with van der Waals surface area (Å²) in [5, 5.41) is 7.36. The highest BCUT2D eigenvalue weighted by Crippen LogP contribution is 2.23. The van der Waals surface area contributed by atoms with E-state index in [0.29, 0.717) is 12.2 Å². The van der Waals surface area contributed by atoms with Crippen LogP contribution in [0.1, 0.15) is 5.82 Å². The van der Waals surface area contributed by atoms with Crippen LogP contribution < -0.4 is 11.1 Å². The minimum absolute atomic E-state index is 0.557. The monoisotopic (exact) mass is 281 g/mol. The SMILES string of the molecule is Cn1cnc(CNc2cc(Br)ccc2N)n1. The predicted octanol–water partition coefficient (Wildman–Crippen LogP) is 1.77. The van der Waals surface area contributed by atoms with E-state index < -0.39 is 0 Å². The normalized spacial score (nSPS) is 10.4. The number of rotatable bonds is 3. The van der Waals surface area contributed by atoms with Gasteiger partial charge in [-0.2, -0.15) is 5.10 Å². The molecule has 1 aromatic carbocycles. The number of nitrogens with one attached hydrogen (secondary N) is 1. The molecule has 1 heterocycles. The van der Waals surface area contributed by atoms with Crippen molar-refractivity contribution in [3.05, 3.63) is 34.8 Å². The molecule has 16 heavy (non-hydrogen) atoms. The number of hydrogen-bond donors (Lipinski definition) is 2. The van der Waals surface area contributed by atoms with Gasteiger partial charge < -0.3 is 11.1 Å². The van der Waals surface area contributed by atoms with Gasteiger partial charge in [-0.1, -0.05) is 15.9 Å². The molecule has 2 rings (SSSR count). The number of aryl methyl sites for hydroxylation is 1. The van der Waals surface area contributed by atoms with Crippen molar-refractivity contribution in [2.75, 3.05) is 11.1 Å². The summed E-state index contributed by atoms with van der Waals surface area (Å²) < 4.78 is 2.65. The van der Waals surface area contributed by atoms with Crippen LogP contribution >= 0.6 is 15.9 Å². The Labute approximate surface area is 102 Å². The summed E-state index contributed by atoms with van der Waals surface area (Å²) >= 11 is 3.40. The molecular weight excluding hydrogens is 270 g/mol. The smallest absolute Gasteiger partial charge is 0.169 e. The Morgan fingerprint density at radius 3 is 3.00 bits per heavy atom. The van der Waals surface area contributed by atoms with Crippen molar-refractivity contribution < 1.29 is 0 Å². The summed E-state index contributed by atoms with van der Waals surface area (Å²) in [6.07, 6.45) is 1.67. The van der Waals surface area contributed by atoms with Gasteiger partial charge in [0.25, 0.3) is 0 Å². The van der Waals surface area contributed by atoms with Gasteiger partial charge in [0, 0.05) is 11.5 Å². The molecular formula is C10H12BrN5. The Hall–Kier alpha value is -1.56. The number of benzene rings is 1. The van der Waals surface area contributed by atoms with Gasteiger partial charge >= 0.3 is 0 Å². The molecule has 0 bridgehead atoms. The lowest BCUT2D eigenvalue weighted by molar-refractivity contribution is 0.747. The molecule has 5 nitrogen and oxygen atoms in total. The molecule has 3 N–H and O–H groups in total. The number of nitrogen functional groups attached to an aromatic ring is 1. The number of aromatic nitrogens is 3. The van der Waals surface area contributed by atoms with E-state index in [4.69, 9.17) is 5.73 Å². The maximum Gasteiger partial charge on any atom is 0.169 e. The lowest BCUT2D eigenvalue weighted by atomic mass is 10.2. The molecule has 6 heteroatoms. The summed E-state index contributed by atoms with van der Waals surface area (Å²) in [6.45, 7) is 0.557. The predicted molar refractivity (Wildman–Crippen MR) is 66.9 cm³/mol. The van der Waals surface area contributed by atoms with Crippen molar-refractivity contribution in [2.45, 2.75) is 6.54 Å². The van der Waals surface area contributed by atoms with E-state index in [9.17, 15) is 0 Å². The van der Waals surface area contributed by atoms with Crippen LogP contribution in [0.4, 0.5) is 11.4 Å². The van der Waals surface area contributed by atoms with E-state index in [1.54, 1.807) is 11.0 Å². The van der Waals surface area contributed by atoms with E-state index in [1.165, 1.54) is 0 Å². The standard InChI is InChI=1S/C10H12BrN5/c1-16-6-14-10(15-16)5-13-9-4-7(11)2-3-8(9)12/h2-4,6,13H,5,12H2,1H3. The summed E-state index contributed by atoms with van der Waals surface area (Å²) in [7, 11) is 1.84. The first kappa shape index (κ1) is 10.9. The maximum atomic E-state index is 5.83. The van der Waals surface area contributed by atoms with E-state index in [-0.39, 0.29) is 0 Å². The van der Waals surface area contributed by atoms with Gasteiger partial charge in [-0.3, -0.25) is 4.68 Å². The van der Waals surface area contributed by atoms with Gasteiger partial charge in [0.1, 0.15) is 6.33 Å². The van der Waals surface area contributed by atoms with Gasteiger partial charge in [-0.05, 0) is 18.2 Å². The average Bonchev–Trinajstić information content (AvgIpc) is 2.66. The van der Waals surface area contributed by atoms with E-state index in [2.05, 4.69) is 31.3 Å². The first-order chi connectivity index (χ1) is 7.65. The lowest BCUT2D eigenvalue weighted by Gasteiger charge is -2.07. The molecule has 0 atom stereocenters. The molecule has 0 radical (unpaired) electrons. The molecule has 0 spiro atoms. The number of anilines is 2. The Kier molecular flexibility index (Phi) is 3.09. The minimum atomic E-state index is 0.557. The first-order valence-corrected chi connectivity index (χ1v) is 5.58. The summed E-state index contributed by atoms with van der Waals surface area (Å²) in [6, 6.07) is 5.68. The van der Waals surface area contributed by atoms with Crippen molar-refractivity contribution in [3.8, 4) is 0 Å². The van der Waals surface area contributed by atoms with E-state index >= 15 is 0 Å². The van der Waals surface area contributed by atoms with Crippen LogP contribution in [0, 0.1) is 0 Å². The third-order valence-electron chi connectivity index (χ3n) is 2.10. The Balaban J connectivity index is 2.07. The second kappa shape index (κ2) is 4.52. The highest BCUT2D eigenvalue weighted by atomic mass is 79.9. The van der Waals surface area contributed by atoms with Gasteiger partial charge in [-0.25, -0.2) is 4.98 Å². The minimum Gasteiger partial charge on any atom is -0.397 e. The highest BCUT2D eigenvalue weighted by Gasteiger charge is 2.02. The van der Waals surface area contributed by atoms with Crippen LogP contribution in [0.3, 0.4) is 0 Å². The van der Waals surface area contributed by atoms with Crippen molar-refractivity contribution in [3.63, 3.8) is 0 Å². The zero-order valence-corrected chi connectivity index (χ0v) is 10.4. The molecule has 0 saturated carbocycles. The Morgan fingerprint density at radius 2 is 2.31 bits per heavy atom. The largest absolute Gasteiger partial charge is 0.397 e.